The van der Waals surface area contributed by atoms with E-state index in [1.54, 1.807) is 11.8 Å². The van der Waals surface area contributed by atoms with Crippen molar-refractivity contribution in [2.24, 2.45) is 0 Å². The van der Waals surface area contributed by atoms with Crippen molar-refractivity contribution in [3.05, 3.63) is 35.9 Å². The second kappa shape index (κ2) is 7.72. The molecule has 0 aliphatic heterocycles. The van der Waals surface area contributed by atoms with Crippen LogP contribution >= 0.6 is 24.0 Å². The van der Waals surface area contributed by atoms with Crippen molar-refractivity contribution >= 4 is 28.3 Å². The predicted molar refractivity (Wildman–Crippen MR) is 82.8 cm³/mol. The predicted octanol–water partition coefficient (Wildman–Crippen LogP) is 4.15. The third kappa shape index (κ3) is 4.68. The number of nitrogens with zero attached hydrogens (tertiary/aromatic N) is 1. The first kappa shape index (κ1) is 14.5. The van der Waals surface area contributed by atoms with Crippen LogP contribution < -0.4 is 0 Å². The number of thiocarbonyl (C=S) groups is 1. The molecule has 0 heterocycles. The molecule has 0 saturated heterocycles. The number of thioether (sulfide) groups is 1. The number of hydrogen-bond acceptors (Lipinski definition) is 2. The Kier molecular flexibility index (Phi) is 6.60. The molecule has 17 heavy (non-hydrogen) atoms. The molecule has 0 bridgehead atoms. The van der Waals surface area contributed by atoms with Gasteiger partial charge in [0.25, 0.3) is 0 Å². The van der Waals surface area contributed by atoms with Crippen molar-refractivity contribution in [3.63, 3.8) is 0 Å². The van der Waals surface area contributed by atoms with E-state index in [0.29, 0.717) is 5.92 Å². The van der Waals surface area contributed by atoms with Gasteiger partial charge < -0.3 is 4.90 Å². The van der Waals surface area contributed by atoms with Gasteiger partial charge in [-0.3, -0.25) is 0 Å². The summed E-state index contributed by atoms with van der Waals surface area (Å²) in [5.74, 6) is 1.61. The van der Waals surface area contributed by atoms with E-state index < -0.39 is 0 Å². The molecule has 1 rings (SSSR count). The molecule has 0 N–H and O–H groups in total. The zero-order valence-corrected chi connectivity index (χ0v) is 12.5. The van der Waals surface area contributed by atoms with Crippen LogP contribution in [0.5, 0.6) is 0 Å². The second-order valence-corrected chi connectivity index (χ2v) is 5.71. The molecular weight excluding hydrogens is 246 g/mol. The van der Waals surface area contributed by atoms with Gasteiger partial charge in [-0.2, -0.15) is 0 Å². The van der Waals surface area contributed by atoms with Crippen LogP contribution in [-0.2, 0) is 0 Å². The van der Waals surface area contributed by atoms with Gasteiger partial charge in [-0.1, -0.05) is 61.2 Å². The van der Waals surface area contributed by atoms with Crippen molar-refractivity contribution in [2.45, 2.75) is 26.7 Å². The molecule has 0 saturated carbocycles. The average molecular weight is 267 g/mol. The fourth-order valence-corrected chi connectivity index (χ4v) is 3.14. The first-order valence-corrected chi connectivity index (χ1v) is 7.55. The molecule has 0 fully saturated rings. The number of rotatable bonds is 5. The minimum Gasteiger partial charge on any atom is -0.358 e. The lowest BCUT2D eigenvalue weighted by Gasteiger charge is -2.22. The Labute approximate surface area is 115 Å². The van der Waals surface area contributed by atoms with E-state index in [4.69, 9.17) is 12.2 Å². The van der Waals surface area contributed by atoms with Crippen molar-refractivity contribution in [1.29, 1.82) is 0 Å². The lowest BCUT2D eigenvalue weighted by Crippen LogP contribution is -2.27. The van der Waals surface area contributed by atoms with Crippen LogP contribution in [0, 0.1) is 0 Å². The van der Waals surface area contributed by atoms with E-state index in [2.05, 4.69) is 56.0 Å². The van der Waals surface area contributed by atoms with Gasteiger partial charge in [-0.05, 0) is 25.3 Å². The minimum atomic E-state index is 0.551. The molecule has 3 heteroatoms. The zero-order valence-electron chi connectivity index (χ0n) is 10.8. The molecule has 1 unspecified atom stereocenters. The van der Waals surface area contributed by atoms with Crippen LogP contribution in [0.4, 0.5) is 0 Å². The van der Waals surface area contributed by atoms with E-state index in [0.717, 1.165) is 23.2 Å². The highest BCUT2D eigenvalue weighted by Crippen LogP contribution is 2.21. The summed E-state index contributed by atoms with van der Waals surface area (Å²) in [5, 5.41) is 0. The van der Waals surface area contributed by atoms with Crippen LogP contribution in [0.15, 0.2) is 30.3 Å². The summed E-state index contributed by atoms with van der Waals surface area (Å²) >= 11 is 7.23. The second-order valence-electron chi connectivity index (χ2n) is 4.06. The number of benzene rings is 1. The van der Waals surface area contributed by atoms with E-state index in [1.165, 1.54) is 5.56 Å². The molecule has 1 nitrogen and oxygen atoms in total. The summed E-state index contributed by atoms with van der Waals surface area (Å²) in [6.45, 7) is 8.56. The average Bonchev–Trinajstić information content (AvgIpc) is 2.38. The van der Waals surface area contributed by atoms with Crippen LogP contribution in [0.25, 0.3) is 0 Å². The molecule has 94 valence electrons. The molecule has 1 aromatic rings. The zero-order chi connectivity index (χ0) is 12.7. The highest BCUT2D eigenvalue weighted by atomic mass is 32.2. The lowest BCUT2D eigenvalue weighted by molar-refractivity contribution is 0.482. The topological polar surface area (TPSA) is 3.24 Å². The first-order valence-electron chi connectivity index (χ1n) is 6.15. The van der Waals surface area contributed by atoms with Crippen molar-refractivity contribution in [1.82, 2.24) is 4.90 Å². The SMILES string of the molecule is CCN(CC)C(=S)SCC(C)c1ccccc1. The monoisotopic (exact) mass is 267 g/mol. The molecule has 0 aromatic heterocycles. The summed E-state index contributed by atoms with van der Waals surface area (Å²) in [7, 11) is 0. The van der Waals surface area contributed by atoms with E-state index in [9.17, 15) is 0 Å². The highest BCUT2D eigenvalue weighted by Gasteiger charge is 2.10. The maximum Gasteiger partial charge on any atom is 0.136 e. The van der Waals surface area contributed by atoms with Gasteiger partial charge >= 0.3 is 0 Å². The molecule has 0 aliphatic carbocycles. The molecular formula is C14H21NS2. The summed E-state index contributed by atoms with van der Waals surface area (Å²) in [5.41, 5.74) is 1.39. The summed E-state index contributed by atoms with van der Waals surface area (Å²) in [6, 6.07) is 10.6. The Balaban J connectivity index is 2.43. The standard InChI is InChI=1S/C14H21NS2/c1-4-15(5-2)14(16)17-11-12(3)13-9-7-6-8-10-13/h6-10,12H,4-5,11H2,1-3H3. The summed E-state index contributed by atoms with van der Waals surface area (Å²) in [6.07, 6.45) is 0. The smallest absolute Gasteiger partial charge is 0.136 e. The minimum absolute atomic E-state index is 0.551. The van der Waals surface area contributed by atoms with Crippen LogP contribution in [0.1, 0.15) is 32.3 Å². The van der Waals surface area contributed by atoms with Crippen molar-refractivity contribution in [3.8, 4) is 0 Å². The fourth-order valence-electron chi connectivity index (χ4n) is 1.65. The third-order valence-electron chi connectivity index (χ3n) is 2.85. The van der Waals surface area contributed by atoms with Crippen LogP contribution in [-0.4, -0.2) is 28.1 Å². The maximum atomic E-state index is 5.43. The van der Waals surface area contributed by atoms with Gasteiger partial charge in [-0.25, -0.2) is 0 Å². The fraction of sp³-hybridized carbons (Fsp3) is 0.500. The van der Waals surface area contributed by atoms with Gasteiger partial charge in [0.2, 0.25) is 0 Å². The molecule has 0 spiro atoms. The highest BCUT2D eigenvalue weighted by molar-refractivity contribution is 8.22. The number of hydrogen-bond donors (Lipinski definition) is 0. The summed E-state index contributed by atoms with van der Waals surface area (Å²) < 4.78 is 1.03. The first-order chi connectivity index (χ1) is 8.19. The summed E-state index contributed by atoms with van der Waals surface area (Å²) in [4.78, 5) is 2.23. The van der Waals surface area contributed by atoms with Gasteiger partial charge in [0.05, 0.1) is 0 Å². The van der Waals surface area contributed by atoms with E-state index >= 15 is 0 Å². The van der Waals surface area contributed by atoms with Gasteiger partial charge in [0.1, 0.15) is 4.32 Å². The van der Waals surface area contributed by atoms with Crippen molar-refractivity contribution < 1.29 is 0 Å². The maximum absolute atomic E-state index is 5.43. The third-order valence-corrected chi connectivity index (χ3v) is 4.63. The Morgan fingerprint density at radius 1 is 1.24 bits per heavy atom. The van der Waals surface area contributed by atoms with Gasteiger partial charge in [0.15, 0.2) is 0 Å². The molecule has 0 amide bonds. The largest absolute Gasteiger partial charge is 0.358 e. The molecule has 1 atom stereocenters. The Hall–Kier alpha value is -0.540. The van der Waals surface area contributed by atoms with E-state index in [-0.39, 0.29) is 0 Å². The van der Waals surface area contributed by atoms with E-state index in [1.807, 2.05) is 0 Å². The molecule has 0 radical (unpaired) electrons. The quantitative estimate of drug-likeness (QED) is 0.738. The van der Waals surface area contributed by atoms with Crippen LogP contribution in [0.2, 0.25) is 0 Å². The van der Waals surface area contributed by atoms with Gasteiger partial charge in [-0.15, -0.1) is 0 Å². The Morgan fingerprint density at radius 2 is 1.82 bits per heavy atom. The van der Waals surface area contributed by atoms with Gasteiger partial charge in [0, 0.05) is 18.8 Å². The molecule has 1 aromatic carbocycles. The van der Waals surface area contributed by atoms with Crippen LogP contribution in [0.3, 0.4) is 0 Å². The normalized spacial score (nSPS) is 12.2. The lowest BCUT2D eigenvalue weighted by atomic mass is 10.0. The Morgan fingerprint density at radius 3 is 2.35 bits per heavy atom. The molecule has 0 aliphatic rings. The van der Waals surface area contributed by atoms with Crippen molar-refractivity contribution in [2.75, 3.05) is 18.8 Å². The Bertz CT molecular complexity index is 333.